The van der Waals surface area contributed by atoms with Crippen LogP contribution in [0.1, 0.15) is 43.1 Å². The first-order valence-electron chi connectivity index (χ1n) is 12.5. The van der Waals surface area contributed by atoms with E-state index < -0.39 is 4.92 Å². The van der Waals surface area contributed by atoms with Crippen molar-refractivity contribution < 1.29 is 9.66 Å². The lowest BCUT2D eigenvalue weighted by Crippen LogP contribution is -2.23. The Labute approximate surface area is 232 Å². The van der Waals surface area contributed by atoms with Crippen molar-refractivity contribution >= 4 is 49.5 Å². The Kier molecular flexibility index (Phi) is 7.51. The fourth-order valence-electron chi connectivity index (χ4n) is 4.35. The van der Waals surface area contributed by atoms with E-state index in [1.807, 2.05) is 62.4 Å². The molecule has 1 heterocycles. The molecular formula is C30H25BrN4O4. The number of hydrogen-bond donors (Lipinski definition) is 0. The number of aromatic nitrogens is 2. The predicted octanol–water partition coefficient (Wildman–Crippen LogP) is 7.20. The molecule has 39 heavy (non-hydrogen) atoms. The molecule has 5 aromatic rings. The average molecular weight is 585 g/mol. The first-order chi connectivity index (χ1) is 18.9. The molecule has 0 aliphatic heterocycles. The number of non-ortho nitro benzene ring substituents is 1. The molecule has 1 atom stereocenters. The van der Waals surface area contributed by atoms with Crippen molar-refractivity contribution in [2.75, 3.05) is 0 Å². The second-order valence-corrected chi connectivity index (χ2v) is 10.1. The van der Waals surface area contributed by atoms with Crippen LogP contribution in [0.15, 0.2) is 93.2 Å². The van der Waals surface area contributed by atoms with Crippen LogP contribution in [-0.2, 0) is 6.61 Å². The lowest BCUT2D eigenvalue weighted by Gasteiger charge is -2.14. The first kappa shape index (κ1) is 26.2. The summed E-state index contributed by atoms with van der Waals surface area (Å²) in [6.07, 6.45) is 2.17. The van der Waals surface area contributed by atoms with Gasteiger partial charge in [0.05, 0.1) is 22.0 Å². The molecule has 0 spiro atoms. The summed E-state index contributed by atoms with van der Waals surface area (Å²) in [6, 6.07) is 23.7. The highest BCUT2D eigenvalue weighted by Crippen LogP contribution is 2.26. The molecule has 9 heteroatoms. The van der Waals surface area contributed by atoms with Gasteiger partial charge in [-0.3, -0.25) is 14.9 Å². The van der Waals surface area contributed by atoms with E-state index in [0.717, 1.165) is 27.2 Å². The van der Waals surface area contributed by atoms with Gasteiger partial charge in [0.2, 0.25) is 0 Å². The van der Waals surface area contributed by atoms with Crippen LogP contribution >= 0.6 is 15.9 Å². The van der Waals surface area contributed by atoms with E-state index in [-0.39, 0.29) is 23.8 Å². The molecule has 0 aliphatic rings. The van der Waals surface area contributed by atoms with Gasteiger partial charge in [-0.05, 0) is 47.0 Å². The Morgan fingerprint density at radius 3 is 2.67 bits per heavy atom. The van der Waals surface area contributed by atoms with Gasteiger partial charge in [-0.2, -0.15) is 9.78 Å². The van der Waals surface area contributed by atoms with Crippen LogP contribution < -0.4 is 10.3 Å². The smallest absolute Gasteiger partial charge is 0.282 e. The summed E-state index contributed by atoms with van der Waals surface area (Å²) < 4.78 is 8.17. The molecule has 0 radical (unpaired) electrons. The van der Waals surface area contributed by atoms with Gasteiger partial charge in [0.15, 0.2) is 0 Å². The highest BCUT2D eigenvalue weighted by Gasteiger charge is 2.17. The number of ether oxygens (including phenoxy) is 1. The molecule has 4 aromatic carbocycles. The maximum absolute atomic E-state index is 13.5. The molecule has 8 nitrogen and oxygen atoms in total. The molecule has 5 rings (SSSR count). The van der Waals surface area contributed by atoms with E-state index in [2.05, 4.69) is 21.0 Å². The second-order valence-electron chi connectivity index (χ2n) is 9.21. The van der Waals surface area contributed by atoms with Gasteiger partial charge in [0, 0.05) is 28.1 Å². The summed E-state index contributed by atoms with van der Waals surface area (Å²) in [5.74, 6) is 0.874. The van der Waals surface area contributed by atoms with Crippen molar-refractivity contribution in [3.05, 3.63) is 121 Å². The zero-order valence-electron chi connectivity index (χ0n) is 21.4. The molecule has 1 aromatic heterocycles. The molecule has 0 saturated carbocycles. The average Bonchev–Trinajstić information content (AvgIpc) is 2.95. The van der Waals surface area contributed by atoms with Gasteiger partial charge >= 0.3 is 0 Å². The van der Waals surface area contributed by atoms with E-state index in [4.69, 9.17) is 9.72 Å². The Balaban J connectivity index is 1.57. The van der Waals surface area contributed by atoms with Crippen LogP contribution in [0.4, 0.5) is 5.69 Å². The molecule has 196 valence electrons. The number of nitrogens with zero attached hydrogens (tertiary/aromatic N) is 4. The van der Waals surface area contributed by atoms with Gasteiger partial charge in [-0.1, -0.05) is 72.2 Å². The maximum Gasteiger partial charge on any atom is 0.282 e. The lowest BCUT2D eigenvalue weighted by atomic mass is 10.1. The first-order valence-corrected chi connectivity index (χ1v) is 13.3. The van der Waals surface area contributed by atoms with Crippen molar-refractivity contribution in [2.45, 2.75) is 32.8 Å². The standard InChI is InChI=1S/C30H25BrN4O4/c1-3-19(2)29-33-27-13-11-23(31)16-26(27)30(36)34(29)32-17-22-15-24(35(37)38)12-14-28(22)39-18-21-9-6-8-20-7-4-5-10-25(20)21/h4-17,19H,3,18H2,1-2H3/t19-/m0/s1. The molecule has 0 saturated heterocycles. The molecule has 0 amide bonds. The van der Waals surface area contributed by atoms with Crippen LogP contribution in [0, 0.1) is 10.1 Å². The van der Waals surface area contributed by atoms with Gasteiger partial charge in [0.1, 0.15) is 18.2 Å². The van der Waals surface area contributed by atoms with Gasteiger partial charge in [-0.15, -0.1) is 0 Å². The third-order valence-electron chi connectivity index (χ3n) is 6.67. The SMILES string of the molecule is CC[C@H](C)c1nc2ccc(Br)cc2c(=O)n1N=Cc1cc([N+](=O)[O-])ccc1OCc1cccc2ccccc12. The molecule has 0 N–H and O–H groups in total. The van der Waals surface area contributed by atoms with Crippen molar-refractivity contribution in [3.63, 3.8) is 0 Å². The fraction of sp³-hybridized carbons (Fsp3) is 0.167. The summed E-state index contributed by atoms with van der Waals surface area (Å²) in [6.45, 7) is 4.24. The minimum Gasteiger partial charge on any atom is -0.488 e. The van der Waals surface area contributed by atoms with Crippen LogP contribution in [-0.4, -0.2) is 20.8 Å². The van der Waals surface area contributed by atoms with Crippen molar-refractivity contribution in [3.8, 4) is 5.75 Å². The lowest BCUT2D eigenvalue weighted by molar-refractivity contribution is -0.384. The third kappa shape index (κ3) is 5.44. The largest absolute Gasteiger partial charge is 0.488 e. The van der Waals surface area contributed by atoms with E-state index in [0.29, 0.717) is 28.0 Å². The van der Waals surface area contributed by atoms with Crippen molar-refractivity contribution in [1.82, 2.24) is 9.66 Å². The number of hydrogen-bond acceptors (Lipinski definition) is 6. The van der Waals surface area contributed by atoms with Crippen molar-refractivity contribution in [2.24, 2.45) is 5.10 Å². The van der Waals surface area contributed by atoms with Crippen LogP contribution in [0.3, 0.4) is 0 Å². The Hall–Kier alpha value is -4.37. The number of nitro benzene ring substituents is 1. The zero-order valence-corrected chi connectivity index (χ0v) is 23.0. The summed E-state index contributed by atoms with van der Waals surface area (Å²) in [7, 11) is 0. The molecular weight excluding hydrogens is 560 g/mol. The van der Waals surface area contributed by atoms with Crippen LogP contribution in [0.5, 0.6) is 5.75 Å². The van der Waals surface area contributed by atoms with Crippen LogP contribution in [0.25, 0.3) is 21.7 Å². The van der Waals surface area contributed by atoms with E-state index in [1.54, 1.807) is 18.2 Å². The summed E-state index contributed by atoms with van der Waals surface area (Å²) in [4.78, 5) is 29.3. The quantitative estimate of drug-likeness (QED) is 0.109. The molecule has 0 aliphatic carbocycles. The summed E-state index contributed by atoms with van der Waals surface area (Å²) in [5.41, 5.74) is 1.51. The monoisotopic (exact) mass is 584 g/mol. The zero-order chi connectivity index (χ0) is 27.5. The van der Waals surface area contributed by atoms with Crippen LogP contribution in [0.2, 0.25) is 0 Å². The Morgan fingerprint density at radius 2 is 1.87 bits per heavy atom. The Morgan fingerprint density at radius 1 is 1.08 bits per heavy atom. The number of halogens is 1. The Bertz CT molecular complexity index is 1790. The third-order valence-corrected chi connectivity index (χ3v) is 7.16. The normalized spacial score (nSPS) is 12.3. The summed E-state index contributed by atoms with van der Waals surface area (Å²) >= 11 is 3.42. The molecule has 0 bridgehead atoms. The fourth-order valence-corrected chi connectivity index (χ4v) is 4.72. The number of rotatable bonds is 8. The van der Waals surface area contributed by atoms with E-state index in [1.165, 1.54) is 23.0 Å². The maximum atomic E-state index is 13.5. The van der Waals surface area contributed by atoms with Gasteiger partial charge < -0.3 is 4.74 Å². The summed E-state index contributed by atoms with van der Waals surface area (Å²) in [5, 5.41) is 18.6. The molecule has 0 unspecified atom stereocenters. The minimum atomic E-state index is -0.475. The van der Waals surface area contributed by atoms with E-state index in [9.17, 15) is 14.9 Å². The number of benzene rings is 4. The highest BCUT2D eigenvalue weighted by atomic mass is 79.9. The number of nitro groups is 1. The predicted molar refractivity (Wildman–Crippen MR) is 157 cm³/mol. The minimum absolute atomic E-state index is 0.0462. The van der Waals surface area contributed by atoms with Gasteiger partial charge in [0.25, 0.3) is 11.2 Å². The van der Waals surface area contributed by atoms with Crippen molar-refractivity contribution in [1.29, 1.82) is 0 Å². The van der Waals surface area contributed by atoms with Gasteiger partial charge in [-0.25, -0.2) is 4.98 Å². The molecule has 0 fully saturated rings. The second kappa shape index (κ2) is 11.2. The highest BCUT2D eigenvalue weighted by molar-refractivity contribution is 9.10. The topological polar surface area (TPSA) is 99.6 Å². The number of fused-ring (bicyclic) bond motifs is 2. The van der Waals surface area contributed by atoms with E-state index >= 15 is 0 Å².